The Morgan fingerprint density at radius 3 is 2.50 bits per heavy atom. The molecule has 0 saturated heterocycles. The molecule has 2 amide bonds. The van der Waals surface area contributed by atoms with E-state index < -0.39 is 0 Å². The van der Waals surface area contributed by atoms with Crippen LogP contribution in [0.3, 0.4) is 0 Å². The van der Waals surface area contributed by atoms with Crippen LogP contribution in [0, 0.1) is 31.1 Å². The Hall–Kier alpha value is -2.10. The van der Waals surface area contributed by atoms with E-state index in [1.54, 1.807) is 0 Å². The molecule has 0 bridgehead atoms. The Balaban J connectivity index is 1.89. The maximum Gasteiger partial charge on any atom is 0.243 e. The molecule has 24 heavy (non-hydrogen) atoms. The zero-order valence-electron chi connectivity index (χ0n) is 15.5. The Morgan fingerprint density at radius 1 is 1.21 bits per heavy atom. The third kappa shape index (κ3) is 3.86. The van der Waals surface area contributed by atoms with E-state index in [2.05, 4.69) is 30.6 Å². The average molecular weight is 328 g/mol. The van der Waals surface area contributed by atoms with Crippen LogP contribution >= 0.6 is 0 Å². The molecule has 1 fully saturated rings. The largest absolute Gasteiger partial charge is 0.347 e. The van der Waals surface area contributed by atoms with E-state index in [0.29, 0.717) is 0 Å². The molecule has 1 aromatic rings. The number of hydrogen-bond acceptors (Lipinski definition) is 2. The van der Waals surface area contributed by atoms with Gasteiger partial charge in [0.1, 0.15) is 0 Å². The Labute approximate surface area is 144 Å². The van der Waals surface area contributed by atoms with E-state index in [0.717, 1.165) is 16.8 Å². The third-order valence-corrected chi connectivity index (χ3v) is 5.01. The van der Waals surface area contributed by atoms with Crippen molar-refractivity contribution >= 4 is 17.5 Å². The van der Waals surface area contributed by atoms with Crippen LogP contribution in [0.25, 0.3) is 0 Å². The van der Waals surface area contributed by atoms with Crippen LogP contribution in [-0.4, -0.2) is 18.4 Å². The fourth-order valence-electron chi connectivity index (χ4n) is 3.21. The van der Waals surface area contributed by atoms with Crippen LogP contribution in [0.2, 0.25) is 0 Å². The van der Waals surface area contributed by atoms with Crippen molar-refractivity contribution in [2.75, 3.05) is 11.9 Å². The summed E-state index contributed by atoms with van der Waals surface area (Å²) in [5, 5.41) is 5.64. The summed E-state index contributed by atoms with van der Waals surface area (Å²) in [5.74, 6) is -0.0432. The number of carbonyl (C=O) groups excluding carboxylic acids is 2. The van der Waals surface area contributed by atoms with Gasteiger partial charge in [-0.2, -0.15) is 0 Å². The molecule has 2 atom stereocenters. The van der Waals surface area contributed by atoms with Crippen molar-refractivity contribution in [2.24, 2.45) is 17.3 Å². The molecular weight excluding hydrogens is 300 g/mol. The molecule has 0 unspecified atom stereocenters. The second-order valence-corrected chi connectivity index (χ2v) is 7.58. The highest BCUT2D eigenvalue weighted by Gasteiger charge is 2.60. The summed E-state index contributed by atoms with van der Waals surface area (Å²) in [6, 6.07) is 5.79. The maximum absolute atomic E-state index is 12.4. The van der Waals surface area contributed by atoms with E-state index >= 15 is 0 Å². The lowest BCUT2D eigenvalue weighted by Gasteiger charge is -2.11. The lowest BCUT2D eigenvalue weighted by molar-refractivity contribution is -0.125. The van der Waals surface area contributed by atoms with E-state index in [-0.39, 0.29) is 35.6 Å². The van der Waals surface area contributed by atoms with Crippen LogP contribution in [0.15, 0.2) is 29.8 Å². The normalized spacial score (nSPS) is 20.9. The second-order valence-electron chi connectivity index (χ2n) is 7.58. The Bertz CT molecular complexity index is 685. The van der Waals surface area contributed by atoms with Gasteiger partial charge in [0, 0.05) is 5.69 Å². The quantitative estimate of drug-likeness (QED) is 0.812. The number of benzene rings is 1. The van der Waals surface area contributed by atoms with E-state index in [1.807, 2.05) is 45.9 Å². The molecule has 0 radical (unpaired) electrons. The number of aryl methyl sites for hydroxylation is 1. The first-order valence-corrected chi connectivity index (χ1v) is 8.43. The molecule has 1 aliphatic rings. The minimum Gasteiger partial charge on any atom is -0.347 e. The van der Waals surface area contributed by atoms with Crippen molar-refractivity contribution in [1.82, 2.24) is 5.32 Å². The van der Waals surface area contributed by atoms with Gasteiger partial charge in [0.15, 0.2) is 0 Å². The monoisotopic (exact) mass is 328 g/mol. The molecule has 1 aromatic carbocycles. The number of nitrogens with one attached hydrogen (secondary N) is 2. The first kappa shape index (κ1) is 18.2. The first-order valence-electron chi connectivity index (χ1n) is 8.43. The van der Waals surface area contributed by atoms with Gasteiger partial charge < -0.3 is 10.6 Å². The van der Waals surface area contributed by atoms with Crippen LogP contribution < -0.4 is 10.6 Å². The van der Waals surface area contributed by atoms with E-state index in [9.17, 15) is 9.59 Å². The molecule has 1 aliphatic carbocycles. The molecule has 0 aliphatic heterocycles. The Morgan fingerprint density at radius 2 is 1.88 bits per heavy atom. The summed E-state index contributed by atoms with van der Waals surface area (Å²) in [6.07, 6.45) is 2.15. The molecular formula is C20H28N2O2. The van der Waals surface area contributed by atoms with Gasteiger partial charge in [0.25, 0.3) is 0 Å². The van der Waals surface area contributed by atoms with Gasteiger partial charge in [-0.3, -0.25) is 9.59 Å². The minimum atomic E-state index is -0.200. The van der Waals surface area contributed by atoms with Gasteiger partial charge in [-0.05, 0) is 56.2 Å². The lowest BCUT2D eigenvalue weighted by Crippen LogP contribution is -2.34. The van der Waals surface area contributed by atoms with Crippen molar-refractivity contribution in [3.8, 4) is 0 Å². The summed E-state index contributed by atoms with van der Waals surface area (Å²) < 4.78 is 0. The standard InChI is InChI=1S/C20H28N2O2/c1-12(2)10-15-18(20(15,5)6)19(24)21-11-17(23)22-16-9-7-8-13(3)14(16)4/h7-10,15,18H,11H2,1-6H3,(H,21,24)(H,22,23)/t15-,18+/m0/s1. The van der Waals surface area contributed by atoms with Gasteiger partial charge in [-0.25, -0.2) is 0 Å². The number of amides is 2. The van der Waals surface area contributed by atoms with E-state index in [4.69, 9.17) is 0 Å². The van der Waals surface area contributed by atoms with Crippen molar-refractivity contribution in [2.45, 2.75) is 41.5 Å². The average Bonchev–Trinajstić information content (AvgIpc) is 3.01. The van der Waals surface area contributed by atoms with Crippen LogP contribution in [-0.2, 0) is 9.59 Å². The lowest BCUT2D eigenvalue weighted by atomic mass is 10.1. The van der Waals surface area contributed by atoms with Crippen molar-refractivity contribution < 1.29 is 9.59 Å². The number of hydrogen-bond donors (Lipinski definition) is 2. The molecule has 1 saturated carbocycles. The molecule has 4 heteroatoms. The number of anilines is 1. The van der Waals surface area contributed by atoms with Crippen LogP contribution in [0.1, 0.15) is 38.8 Å². The SMILES string of the molecule is CC(C)=C[C@H]1[C@H](C(=O)NCC(=O)Nc2cccc(C)c2C)C1(C)C. The second kappa shape index (κ2) is 6.80. The van der Waals surface area contributed by atoms with Gasteiger partial charge in [0.2, 0.25) is 11.8 Å². The smallest absolute Gasteiger partial charge is 0.243 e. The summed E-state index contributed by atoms with van der Waals surface area (Å²) in [6.45, 7) is 12.3. The van der Waals surface area contributed by atoms with Crippen LogP contribution in [0.4, 0.5) is 5.69 Å². The van der Waals surface area contributed by atoms with Crippen LogP contribution in [0.5, 0.6) is 0 Å². The first-order chi connectivity index (χ1) is 11.1. The molecule has 0 heterocycles. The molecule has 4 nitrogen and oxygen atoms in total. The summed E-state index contributed by atoms with van der Waals surface area (Å²) in [7, 11) is 0. The third-order valence-electron chi connectivity index (χ3n) is 5.01. The highest BCUT2D eigenvalue weighted by atomic mass is 16.2. The molecule has 130 valence electrons. The topological polar surface area (TPSA) is 58.2 Å². The van der Waals surface area contributed by atoms with Crippen molar-refractivity contribution in [3.63, 3.8) is 0 Å². The molecule has 0 spiro atoms. The number of rotatable bonds is 5. The molecule has 2 rings (SSSR count). The highest BCUT2D eigenvalue weighted by Crippen LogP contribution is 2.59. The van der Waals surface area contributed by atoms with Crippen molar-refractivity contribution in [1.29, 1.82) is 0 Å². The Kier molecular flexibility index (Phi) is 5.16. The predicted octanol–water partition coefficient (Wildman–Crippen LogP) is 3.60. The minimum absolute atomic E-state index is 0.000334. The number of carbonyl (C=O) groups is 2. The zero-order chi connectivity index (χ0) is 18.1. The van der Waals surface area contributed by atoms with E-state index in [1.165, 1.54) is 5.57 Å². The van der Waals surface area contributed by atoms with Crippen molar-refractivity contribution in [3.05, 3.63) is 41.0 Å². The molecule has 0 aromatic heterocycles. The highest BCUT2D eigenvalue weighted by molar-refractivity contribution is 5.96. The molecule has 2 N–H and O–H groups in total. The summed E-state index contributed by atoms with van der Waals surface area (Å²) in [4.78, 5) is 24.5. The summed E-state index contributed by atoms with van der Waals surface area (Å²) >= 11 is 0. The fourth-order valence-corrected chi connectivity index (χ4v) is 3.21. The van der Waals surface area contributed by atoms with Gasteiger partial charge in [-0.15, -0.1) is 0 Å². The summed E-state index contributed by atoms with van der Waals surface area (Å²) in [5.41, 5.74) is 4.15. The predicted molar refractivity (Wildman–Crippen MR) is 97.7 cm³/mol. The zero-order valence-corrected chi connectivity index (χ0v) is 15.5. The maximum atomic E-state index is 12.4. The number of allylic oxidation sites excluding steroid dienone is 2. The van der Waals surface area contributed by atoms with Gasteiger partial charge in [-0.1, -0.05) is 37.6 Å². The van der Waals surface area contributed by atoms with Gasteiger partial charge in [0.05, 0.1) is 12.5 Å². The fraction of sp³-hybridized carbons (Fsp3) is 0.500. The van der Waals surface area contributed by atoms with Gasteiger partial charge >= 0.3 is 0 Å².